The van der Waals surface area contributed by atoms with Gasteiger partial charge < -0.3 is 14.2 Å². The molecule has 0 spiro atoms. The first kappa shape index (κ1) is 17.8. The molecular weight excluding hydrogens is 341 g/mol. The van der Waals surface area contributed by atoms with Crippen molar-refractivity contribution in [2.45, 2.75) is 45.6 Å². The minimum absolute atomic E-state index is 0.0133. The second kappa shape index (κ2) is 6.55. The SMILES string of the molecule is Cc1c(F)[c]c(N2CCCCC2(C)C)cc1Oc1ccc2c(c1)ncn2C. The number of aromatic nitrogens is 2. The highest BCUT2D eigenvalue weighted by atomic mass is 19.1. The van der Waals surface area contributed by atoms with Gasteiger partial charge in [0.25, 0.3) is 0 Å². The highest BCUT2D eigenvalue weighted by molar-refractivity contribution is 5.77. The lowest BCUT2D eigenvalue weighted by Gasteiger charge is -2.44. The number of imidazole rings is 1. The van der Waals surface area contributed by atoms with Crippen molar-refractivity contribution >= 4 is 16.7 Å². The average molecular weight is 366 g/mol. The normalized spacial score (nSPS) is 16.7. The Bertz CT molecular complexity index is 993. The second-order valence-corrected chi connectivity index (χ2v) is 7.99. The van der Waals surface area contributed by atoms with Crippen molar-refractivity contribution in [2.24, 2.45) is 7.05 Å². The van der Waals surface area contributed by atoms with Crippen LogP contribution in [0, 0.1) is 18.8 Å². The molecule has 5 heteroatoms. The molecular formula is C22H25FN3O. The Balaban J connectivity index is 1.70. The number of piperidine rings is 1. The Hall–Kier alpha value is -2.56. The van der Waals surface area contributed by atoms with Gasteiger partial charge in [-0.2, -0.15) is 0 Å². The van der Waals surface area contributed by atoms with Crippen LogP contribution in [0.2, 0.25) is 0 Å². The van der Waals surface area contributed by atoms with Crippen LogP contribution in [-0.2, 0) is 7.05 Å². The molecule has 3 aromatic rings. The maximum atomic E-state index is 14.6. The van der Waals surface area contributed by atoms with Crippen LogP contribution in [0.5, 0.6) is 11.5 Å². The first-order valence-corrected chi connectivity index (χ1v) is 9.44. The summed E-state index contributed by atoms with van der Waals surface area (Å²) in [5, 5.41) is 0. The van der Waals surface area contributed by atoms with Crippen molar-refractivity contribution in [3.05, 3.63) is 48.0 Å². The average Bonchev–Trinajstić information content (AvgIpc) is 2.99. The Morgan fingerprint density at radius 3 is 2.81 bits per heavy atom. The molecule has 1 radical (unpaired) electrons. The van der Waals surface area contributed by atoms with E-state index < -0.39 is 0 Å². The standard InChI is InChI=1S/C22H25FN3O/c1-15-18(23)11-16(26-10-6-5-9-22(26,2)3)12-21(15)27-17-7-8-20-19(13-17)24-14-25(20)4/h7-8,12-14H,5-6,9-10H2,1-4H3. The van der Waals surface area contributed by atoms with Crippen LogP contribution >= 0.6 is 0 Å². The molecule has 1 aromatic heterocycles. The van der Waals surface area contributed by atoms with E-state index in [1.807, 2.05) is 35.9 Å². The van der Waals surface area contributed by atoms with Gasteiger partial charge in [-0.05, 0) is 52.2 Å². The fourth-order valence-electron chi connectivity index (χ4n) is 3.85. The van der Waals surface area contributed by atoms with Crippen molar-refractivity contribution in [3.8, 4) is 11.5 Å². The van der Waals surface area contributed by atoms with E-state index >= 15 is 0 Å². The maximum Gasteiger partial charge on any atom is 0.139 e. The van der Waals surface area contributed by atoms with Gasteiger partial charge in [0.1, 0.15) is 17.3 Å². The smallest absolute Gasteiger partial charge is 0.139 e. The Morgan fingerprint density at radius 1 is 1.22 bits per heavy atom. The minimum Gasteiger partial charge on any atom is -0.457 e. The summed E-state index contributed by atoms with van der Waals surface area (Å²) in [6.45, 7) is 7.04. The van der Waals surface area contributed by atoms with E-state index in [1.165, 1.54) is 6.42 Å². The molecule has 1 fully saturated rings. The molecule has 1 aliphatic heterocycles. The first-order valence-electron chi connectivity index (χ1n) is 9.44. The van der Waals surface area contributed by atoms with Gasteiger partial charge in [0.05, 0.1) is 23.0 Å². The highest BCUT2D eigenvalue weighted by Crippen LogP contribution is 2.37. The van der Waals surface area contributed by atoms with E-state index in [1.54, 1.807) is 13.3 Å². The molecule has 2 heterocycles. The number of halogens is 1. The van der Waals surface area contributed by atoms with Crippen molar-refractivity contribution < 1.29 is 9.13 Å². The zero-order valence-electron chi connectivity index (χ0n) is 16.3. The van der Waals surface area contributed by atoms with Gasteiger partial charge in [0.15, 0.2) is 0 Å². The Morgan fingerprint density at radius 2 is 2.04 bits per heavy atom. The highest BCUT2D eigenvalue weighted by Gasteiger charge is 2.31. The van der Waals surface area contributed by atoms with Gasteiger partial charge in [0, 0.05) is 42.9 Å². The van der Waals surface area contributed by atoms with Crippen molar-refractivity contribution in [1.29, 1.82) is 0 Å². The van der Waals surface area contributed by atoms with Crippen molar-refractivity contribution in [2.75, 3.05) is 11.4 Å². The van der Waals surface area contributed by atoms with Crippen LogP contribution in [0.25, 0.3) is 11.0 Å². The molecule has 141 valence electrons. The number of ether oxygens (including phenoxy) is 1. The van der Waals surface area contributed by atoms with Gasteiger partial charge >= 0.3 is 0 Å². The zero-order chi connectivity index (χ0) is 19.2. The van der Waals surface area contributed by atoms with E-state index in [0.29, 0.717) is 17.1 Å². The summed E-state index contributed by atoms with van der Waals surface area (Å²) in [6, 6.07) is 10.6. The van der Waals surface area contributed by atoms with Gasteiger partial charge in [-0.15, -0.1) is 0 Å². The Labute approximate surface area is 159 Å². The number of hydrogen-bond donors (Lipinski definition) is 0. The predicted molar refractivity (Wildman–Crippen MR) is 106 cm³/mol. The van der Waals surface area contributed by atoms with Crippen LogP contribution in [-0.4, -0.2) is 21.6 Å². The summed E-state index contributed by atoms with van der Waals surface area (Å²) < 4.78 is 22.7. The number of rotatable bonds is 3. The summed E-state index contributed by atoms with van der Waals surface area (Å²) >= 11 is 0. The lowest BCUT2D eigenvalue weighted by molar-refractivity contribution is 0.360. The largest absolute Gasteiger partial charge is 0.457 e. The van der Waals surface area contributed by atoms with Gasteiger partial charge in [0.2, 0.25) is 0 Å². The molecule has 0 atom stereocenters. The molecule has 4 nitrogen and oxygen atoms in total. The van der Waals surface area contributed by atoms with Crippen molar-refractivity contribution in [1.82, 2.24) is 9.55 Å². The summed E-state index contributed by atoms with van der Waals surface area (Å²) in [6.07, 6.45) is 5.17. The lowest BCUT2D eigenvalue weighted by Crippen LogP contribution is -2.47. The topological polar surface area (TPSA) is 30.3 Å². The molecule has 0 saturated carbocycles. The van der Waals surface area contributed by atoms with E-state index in [2.05, 4.69) is 29.8 Å². The van der Waals surface area contributed by atoms with Crippen LogP contribution in [0.3, 0.4) is 0 Å². The molecule has 1 aliphatic rings. The Kier molecular flexibility index (Phi) is 4.33. The molecule has 4 rings (SSSR count). The lowest BCUT2D eigenvalue weighted by atomic mass is 9.89. The monoisotopic (exact) mass is 366 g/mol. The summed E-state index contributed by atoms with van der Waals surface area (Å²) in [5.74, 6) is 0.819. The van der Waals surface area contributed by atoms with E-state index in [9.17, 15) is 4.39 Å². The summed E-state index contributed by atoms with van der Waals surface area (Å²) in [7, 11) is 1.95. The zero-order valence-corrected chi connectivity index (χ0v) is 16.3. The number of benzene rings is 2. The van der Waals surface area contributed by atoms with Gasteiger partial charge in [-0.3, -0.25) is 0 Å². The third kappa shape index (κ3) is 3.27. The number of fused-ring (bicyclic) bond motifs is 1. The molecule has 0 unspecified atom stereocenters. The third-order valence-corrected chi connectivity index (χ3v) is 5.57. The first-order chi connectivity index (χ1) is 12.8. The summed E-state index contributed by atoms with van der Waals surface area (Å²) in [5.41, 5.74) is 3.10. The molecule has 0 N–H and O–H groups in total. The predicted octanol–water partition coefficient (Wildman–Crippen LogP) is 5.38. The van der Waals surface area contributed by atoms with E-state index in [4.69, 9.17) is 4.74 Å². The number of anilines is 1. The third-order valence-electron chi connectivity index (χ3n) is 5.57. The molecule has 2 aromatic carbocycles. The maximum absolute atomic E-state index is 14.6. The van der Waals surface area contributed by atoms with Crippen LogP contribution in [0.1, 0.15) is 38.7 Å². The molecule has 1 saturated heterocycles. The second-order valence-electron chi connectivity index (χ2n) is 7.99. The fraction of sp³-hybridized carbons (Fsp3) is 0.409. The molecule has 0 aliphatic carbocycles. The molecule has 0 bridgehead atoms. The number of hydrogen-bond acceptors (Lipinski definition) is 3. The minimum atomic E-state index is -0.359. The molecule has 0 amide bonds. The number of nitrogens with zero attached hydrogens (tertiary/aromatic N) is 3. The van der Waals surface area contributed by atoms with Gasteiger partial charge in [-0.25, -0.2) is 9.37 Å². The quantitative estimate of drug-likeness (QED) is 0.623. The van der Waals surface area contributed by atoms with Crippen molar-refractivity contribution in [3.63, 3.8) is 0 Å². The van der Waals surface area contributed by atoms with Crippen LogP contribution in [0.4, 0.5) is 10.1 Å². The van der Waals surface area contributed by atoms with Crippen LogP contribution < -0.4 is 9.64 Å². The van der Waals surface area contributed by atoms with E-state index in [-0.39, 0.29) is 11.4 Å². The fourth-order valence-corrected chi connectivity index (χ4v) is 3.85. The molecule has 27 heavy (non-hydrogen) atoms. The van der Waals surface area contributed by atoms with E-state index in [0.717, 1.165) is 36.1 Å². The summed E-state index contributed by atoms with van der Waals surface area (Å²) in [4.78, 5) is 6.61. The van der Waals surface area contributed by atoms with Gasteiger partial charge in [-0.1, -0.05) is 0 Å². The number of aryl methyl sites for hydroxylation is 1. The van der Waals surface area contributed by atoms with Crippen LogP contribution in [0.15, 0.2) is 30.6 Å².